The second kappa shape index (κ2) is 9.44. The maximum absolute atomic E-state index is 14.3. The molecule has 0 bridgehead atoms. The van der Waals surface area contributed by atoms with Crippen molar-refractivity contribution in [3.63, 3.8) is 0 Å². The Morgan fingerprint density at radius 1 is 1.15 bits per heavy atom. The lowest BCUT2D eigenvalue weighted by atomic mass is 9.78. The molecule has 6 rings (SSSR count). The Bertz CT molecular complexity index is 1650. The summed E-state index contributed by atoms with van der Waals surface area (Å²) < 4.78 is 12.9. The second-order valence-electron chi connectivity index (χ2n) is 10.4. The Labute approximate surface area is 231 Å². The molecular formula is C31H30N4O5. The molecule has 1 saturated heterocycles. The first kappa shape index (κ1) is 25.5. The van der Waals surface area contributed by atoms with Gasteiger partial charge in [0.2, 0.25) is 18.6 Å². The lowest BCUT2D eigenvalue weighted by molar-refractivity contribution is -0.166. The molecule has 3 aliphatic rings. The predicted octanol–water partition coefficient (Wildman–Crippen LogP) is 3.56. The molecule has 40 heavy (non-hydrogen) atoms. The molecule has 0 unspecified atom stereocenters. The first-order valence-electron chi connectivity index (χ1n) is 13.1. The number of nitrogens with zero attached hydrogens (tertiary/aromatic N) is 3. The maximum Gasteiger partial charge on any atom is 0.262 e. The third-order valence-corrected chi connectivity index (χ3v) is 7.96. The number of fused-ring (bicyclic) bond motifs is 5. The van der Waals surface area contributed by atoms with E-state index in [1.807, 2.05) is 43.3 Å². The van der Waals surface area contributed by atoms with Crippen molar-refractivity contribution in [1.82, 2.24) is 19.7 Å². The summed E-state index contributed by atoms with van der Waals surface area (Å²) >= 11 is 0. The highest BCUT2D eigenvalue weighted by atomic mass is 16.7. The van der Waals surface area contributed by atoms with Crippen LogP contribution in [0.2, 0.25) is 0 Å². The Hall–Kier alpha value is -4.79. The zero-order valence-electron chi connectivity index (χ0n) is 22.6. The average Bonchev–Trinajstić information content (AvgIpc) is 3.55. The van der Waals surface area contributed by atoms with Crippen LogP contribution in [0.25, 0.3) is 10.9 Å². The first-order valence-corrected chi connectivity index (χ1v) is 13.1. The Morgan fingerprint density at radius 3 is 2.70 bits per heavy atom. The molecule has 0 radical (unpaired) electrons. The summed E-state index contributed by atoms with van der Waals surface area (Å²) in [6.45, 7) is 5.75. The van der Waals surface area contributed by atoms with Crippen LogP contribution in [0.3, 0.4) is 0 Å². The highest BCUT2D eigenvalue weighted by Gasteiger charge is 2.56. The van der Waals surface area contributed by atoms with Crippen LogP contribution in [0.1, 0.15) is 34.6 Å². The fourth-order valence-corrected chi connectivity index (χ4v) is 6.21. The van der Waals surface area contributed by atoms with E-state index in [2.05, 4.69) is 11.9 Å². The number of aromatic nitrogens is 1. The molecule has 2 atom stereocenters. The summed E-state index contributed by atoms with van der Waals surface area (Å²) in [6, 6.07) is 12.4. The number of benzene rings is 2. The molecule has 9 heteroatoms. The van der Waals surface area contributed by atoms with Gasteiger partial charge in [-0.15, -0.1) is 0 Å². The molecule has 3 aromatic rings. The van der Waals surface area contributed by atoms with Gasteiger partial charge in [0, 0.05) is 31.5 Å². The molecule has 9 nitrogen and oxygen atoms in total. The van der Waals surface area contributed by atoms with Crippen molar-refractivity contribution < 1.29 is 23.9 Å². The normalized spacial score (nSPS) is 22.1. The van der Waals surface area contributed by atoms with Gasteiger partial charge in [0.1, 0.15) is 5.54 Å². The van der Waals surface area contributed by atoms with Crippen molar-refractivity contribution >= 4 is 28.6 Å². The zero-order valence-corrected chi connectivity index (χ0v) is 22.6. The van der Waals surface area contributed by atoms with Gasteiger partial charge in [-0.25, -0.2) is 0 Å². The van der Waals surface area contributed by atoms with E-state index in [0.29, 0.717) is 28.3 Å². The highest BCUT2D eigenvalue weighted by Crippen LogP contribution is 2.49. The number of rotatable bonds is 5. The minimum atomic E-state index is -1.15. The quantitative estimate of drug-likeness (QED) is 0.395. The van der Waals surface area contributed by atoms with Gasteiger partial charge in [-0.05, 0) is 54.6 Å². The maximum atomic E-state index is 14.3. The Balaban J connectivity index is 1.67. The number of ether oxygens (including phenoxy) is 2. The van der Waals surface area contributed by atoms with Gasteiger partial charge < -0.3 is 24.6 Å². The molecular weight excluding hydrogens is 508 g/mol. The topological polar surface area (TPSA) is 93.1 Å². The summed E-state index contributed by atoms with van der Waals surface area (Å²) in [5.74, 6) is 0.537. The number of carbonyl (C=O) groups excluding carboxylic acids is 3. The van der Waals surface area contributed by atoms with E-state index in [0.717, 1.165) is 16.5 Å². The van der Waals surface area contributed by atoms with Crippen molar-refractivity contribution in [2.45, 2.75) is 24.9 Å². The van der Waals surface area contributed by atoms with Crippen molar-refractivity contribution in [1.29, 1.82) is 0 Å². The van der Waals surface area contributed by atoms with Gasteiger partial charge in [-0.2, -0.15) is 0 Å². The molecule has 4 heterocycles. The number of hydrogen-bond acceptors (Lipinski definition) is 6. The number of allylic oxidation sites excluding steroid dienone is 4. The predicted molar refractivity (Wildman–Crippen MR) is 150 cm³/mol. The fourth-order valence-electron chi connectivity index (χ4n) is 6.21. The molecule has 0 saturated carbocycles. The number of amides is 2. The zero-order chi connectivity index (χ0) is 28.2. The van der Waals surface area contributed by atoms with Gasteiger partial charge in [0.25, 0.3) is 5.91 Å². The molecule has 2 aromatic carbocycles. The van der Waals surface area contributed by atoms with Crippen LogP contribution in [-0.4, -0.2) is 65.1 Å². The van der Waals surface area contributed by atoms with Crippen LogP contribution < -0.4 is 14.8 Å². The summed E-state index contributed by atoms with van der Waals surface area (Å²) in [6.07, 6.45) is 6.94. The van der Waals surface area contributed by atoms with Crippen molar-refractivity contribution in [3.05, 3.63) is 95.9 Å². The lowest BCUT2D eigenvalue weighted by Gasteiger charge is -2.53. The van der Waals surface area contributed by atoms with E-state index in [1.165, 1.54) is 11.0 Å². The van der Waals surface area contributed by atoms with E-state index < -0.39 is 11.6 Å². The summed E-state index contributed by atoms with van der Waals surface area (Å²) in [5.41, 5.74) is 2.16. The van der Waals surface area contributed by atoms with Crippen LogP contribution in [0.15, 0.2) is 79.0 Å². The smallest absolute Gasteiger partial charge is 0.262 e. The standard InChI is InChI=1S/C31H30N4O5/c1-5-19(9-8-14-32-3)29(37)34-23-11-7-6-10-21(23)22-16-31(2)30(38)33(4)17-26(36)35(31)27(28(22)34)20-12-13-24-25(15-20)40-18-39-24/h5-15,27,32H,1,16-18H2,2-4H3/b14-8-,19-9+/t27-,31-/m1/s1. The van der Waals surface area contributed by atoms with Gasteiger partial charge >= 0.3 is 0 Å². The van der Waals surface area contributed by atoms with Crippen LogP contribution in [0.4, 0.5) is 0 Å². The number of carbonyl (C=O) groups is 3. The lowest BCUT2D eigenvalue weighted by Crippen LogP contribution is -2.69. The monoisotopic (exact) mass is 538 g/mol. The highest BCUT2D eigenvalue weighted by molar-refractivity contribution is 6.07. The summed E-state index contributed by atoms with van der Waals surface area (Å²) in [7, 11) is 3.43. The third kappa shape index (κ3) is 3.65. The van der Waals surface area contributed by atoms with Gasteiger partial charge in [-0.3, -0.25) is 19.0 Å². The number of hydrogen-bond donors (Lipinski definition) is 1. The molecule has 0 spiro atoms. The molecule has 1 N–H and O–H groups in total. The number of para-hydroxylation sites is 1. The molecule has 1 fully saturated rings. The fraction of sp³-hybridized carbons (Fsp3) is 0.258. The summed E-state index contributed by atoms with van der Waals surface area (Å²) in [5, 5.41) is 3.78. The minimum Gasteiger partial charge on any atom is -0.454 e. The van der Waals surface area contributed by atoms with E-state index in [-0.39, 0.29) is 37.5 Å². The van der Waals surface area contributed by atoms with E-state index in [9.17, 15) is 14.4 Å². The Morgan fingerprint density at radius 2 is 1.93 bits per heavy atom. The first-order chi connectivity index (χ1) is 19.3. The third-order valence-electron chi connectivity index (χ3n) is 7.96. The Kier molecular flexibility index (Phi) is 6.02. The van der Waals surface area contributed by atoms with E-state index in [1.54, 1.807) is 48.0 Å². The van der Waals surface area contributed by atoms with Gasteiger partial charge in [-0.1, -0.05) is 36.9 Å². The second-order valence-corrected chi connectivity index (χ2v) is 10.4. The molecule has 0 aliphatic carbocycles. The van der Waals surface area contributed by atoms with Crippen LogP contribution in [0, 0.1) is 0 Å². The van der Waals surface area contributed by atoms with Crippen LogP contribution >= 0.6 is 0 Å². The minimum absolute atomic E-state index is 0.0500. The van der Waals surface area contributed by atoms with Gasteiger partial charge in [0.05, 0.1) is 23.8 Å². The van der Waals surface area contributed by atoms with Crippen LogP contribution in [0.5, 0.6) is 11.5 Å². The average molecular weight is 539 g/mol. The number of piperazine rings is 1. The number of nitrogens with one attached hydrogen (secondary N) is 1. The largest absolute Gasteiger partial charge is 0.454 e. The number of likely N-dealkylation sites (N-methyl/N-ethyl adjacent to an activating group) is 1. The van der Waals surface area contributed by atoms with E-state index >= 15 is 0 Å². The molecule has 204 valence electrons. The van der Waals surface area contributed by atoms with Crippen LogP contribution in [-0.2, 0) is 16.0 Å². The molecule has 3 aliphatic heterocycles. The van der Waals surface area contributed by atoms with Crippen molar-refractivity contribution in [3.8, 4) is 11.5 Å². The SMILES string of the molecule is C=C/C(=C\C=C/NC)C(=O)n1c2c(c3ccccc31)C[C@]1(C)C(=O)N(C)CC(=O)N1[C@@H]2c1ccc2c(c1)OCO2. The summed E-state index contributed by atoms with van der Waals surface area (Å²) in [4.78, 5) is 45.0. The van der Waals surface area contributed by atoms with Crippen molar-refractivity contribution in [2.24, 2.45) is 0 Å². The van der Waals surface area contributed by atoms with Crippen molar-refractivity contribution in [2.75, 3.05) is 27.4 Å². The molecule has 2 amide bonds. The molecule has 1 aromatic heterocycles. The van der Waals surface area contributed by atoms with E-state index in [4.69, 9.17) is 9.47 Å². The van der Waals surface area contributed by atoms with Gasteiger partial charge in [0.15, 0.2) is 11.5 Å².